The van der Waals surface area contributed by atoms with E-state index in [1.165, 1.54) is 40.6 Å². The zero-order valence-electron chi connectivity index (χ0n) is 11.1. The number of benzene rings is 1. The zero-order chi connectivity index (χ0) is 12.3. The highest BCUT2D eigenvalue weighted by Crippen LogP contribution is 2.25. The van der Waals surface area contributed by atoms with Gasteiger partial charge in [-0.1, -0.05) is 51.0 Å². The van der Waals surface area contributed by atoms with Crippen molar-refractivity contribution in [3.63, 3.8) is 0 Å². The number of hydrogen-bond donors (Lipinski definition) is 0. The molecule has 0 saturated carbocycles. The van der Waals surface area contributed by atoms with Gasteiger partial charge in [0.15, 0.2) is 0 Å². The van der Waals surface area contributed by atoms with Crippen LogP contribution >= 0.6 is 0 Å². The van der Waals surface area contributed by atoms with Crippen molar-refractivity contribution in [1.29, 1.82) is 0 Å². The van der Waals surface area contributed by atoms with Gasteiger partial charge in [0.05, 0.1) is 0 Å². The lowest BCUT2D eigenvalue weighted by Crippen LogP contribution is -2.01. The summed E-state index contributed by atoms with van der Waals surface area (Å²) in [5, 5.41) is 2.72. The van der Waals surface area contributed by atoms with Crippen LogP contribution < -0.4 is 0 Å². The first-order valence-corrected chi connectivity index (χ1v) is 6.65. The van der Waals surface area contributed by atoms with Crippen molar-refractivity contribution in [2.24, 2.45) is 0 Å². The third-order valence-electron chi connectivity index (χ3n) is 3.28. The summed E-state index contributed by atoms with van der Waals surface area (Å²) in [6.07, 6.45) is 4.59. The van der Waals surface area contributed by atoms with Crippen LogP contribution in [-0.2, 0) is 12.8 Å². The number of fused-ring (bicyclic) bond motifs is 1. The number of pyridine rings is 1. The molecule has 0 aliphatic carbocycles. The standard InChI is InChI=1S/C16H21N/c1-4-8-15-14-11-7-6-10-13(14)12(3)17-16(15)9-5-2/h6-7,10-11H,4-5,8-9H2,1-3H3. The average molecular weight is 227 g/mol. The van der Waals surface area contributed by atoms with Crippen LogP contribution in [0.5, 0.6) is 0 Å². The van der Waals surface area contributed by atoms with Gasteiger partial charge >= 0.3 is 0 Å². The molecule has 0 N–H and O–H groups in total. The second-order valence-corrected chi connectivity index (χ2v) is 4.67. The smallest absolute Gasteiger partial charge is 0.0454 e. The Hall–Kier alpha value is -1.37. The highest BCUT2D eigenvalue weighted by atomic mass is 14.7. The summed E-state index contributed by atoms with van der Waals surface area (Å²) in [5.41, 5.74) is 3.95. The molecular formula is C16H21N. The molecule has 2 rings (SSSR count). The average Bonchev–Trinajstić information content (AvgIpc) is 2.34. The minimum atomic E-state index is 1.10. The maximum atomic E-state index is 4.81. The predicted octanol–water partition coefficient (Wildman–Crippen LogP) is 4.45. The van der Waals surface area contributed by atoms with E-state index in [0.717, 1.165) is 12.8 Å². The maximum absolute atomic E-state index is 4.81. The van der Waals surface area contributed by atoms with E-state index in [9.17, 15) is 0 Å². The van der Waals surface area contributed by atoms with Gasteiger partial charge in [-0.15, -0.1) is 0 Å². The summed E-state index contributed by atoms with van der Waals surface area (Å²) in [7, 11) is 0. The summed E-state index contributed by atoms with van der Waals surface area (Å²) < 4.78 is 0. The molecule has 1 aromatic carbocycles. The Bertz CT molecular complexity index is 514. The van der Waals surface area contributed by atoms with Gasteiger partial charge in [-0.25, -0.2) is 0 Å². The minimum Gasteiger partial charge on any atom is -0.257 e. The first kappa shape index (κ1) is 12.1. The van der Waals surface area contributed by atoms with Crippen molar-refractivity contribution in [2.45, 2.75) is 46.5 Å². The molecule has 1 heteroatoms. The fourth-order valence-corrected chi connectivity index (χ4v) is 2.52. The molecule has 2 aromatic rings. The van der Waals surface area contributed by atoms with Crippen molar-refractivity contribution in [2.75, 3.05) is 0 Å². The molecule has 0 saturated heterocycles. The van der Waals surface area contributed by atoms with Gasteiger partial charge in [-0.2, -0.15) is 0 Å². The first-order chi connectivity index (χ1) is 8.27. The second-order valence-electron chi connectivity index (χ2n) is 4.67. The monoisotopic (exact) mass is 227 g/mol. The Labute approximate surface area is 104 Å². The van der Waals surface area contributed by atoms with Gasteiger partial charge in [0.25, 0.3) is 0 Å². The number of hydrogen-bond acceptors (Lipinski definition) is 1. The van der Waals surface area contributed by atoms with E-state index >= 15 is 0 Å². The Morgan fingerprint density at radius 3 is 2.24 bits per heavy atom. The van der Waals surface area contributed by atoms with Gasteiger partial charge in [0.1, 0.15) is 0 Å². The summed E-state index contributed by atoms with van der Waals surface area (Å²) in [4.78, 5) is 4.81. The van der Waals surface area contributed by atoms with E-state index in [1.54, 1.807) is 0 Å². The van der Waals surface area contributed by atoms with Gasteiger partial charge in [0.2, 0.25) is 0 Å². The molecule has 0 bridgehead atoms. The summed E-state index contributed by atoms with van der Waals surface area (Å²) in [5.74, 6) is 0. The first-order valence-electron chi connectivity index (χ1n) is 6.65. The summed E-state index contributed by atoms with van der Waals surface area (Å²) >= 11 is 0. The van der Waals surface area contributed by atoms with Gasteiger partial charge < -0.3 is 0 Å². The van der Waals surface area contributed by atoms with E-state index in [-0.39, 0.29) is 0 Å². The molecule has 1 nitrogen and oxygen atoms in total. The SMILES string of the molecule is CCCc1nc(C)c2ccccc2c1CCC. The molecule has 0 radical (unpaired) electrons. The summed E-state index contributed by atoms with van der Waals surface area (Å²) in [6.45, 7) is 6.59. The van der Waals surface area contributed by atoms with Crippen molar-refractivity contribution in [1.82, 2.24) is 4.98 Å². The molecule has 0 fully saturated rings. The maximum Gasteiger partial charge on any atom is 0.0454 e. The van der Waals surface area contributed by atoms with Crippen molar-refractivity contribution >= 4 is 10.8 Å². The highest BCUT2D eigenvalue weighted by molar-refractivity contribution is 5.88. The molecule has 1 aromatic heterocycles. The molecule has 0 atom stereocenters. The highest BCUT2D eigenvalue weighted by Gasteiger charge is 2.10. The number of rotatable bonds is 4. The number of aromatic nitrogens is 1. The molecular weight excluding hydrogens is 206 g/mol. The molecule has 0 unspecified atom stereocenters. The molecule has 17 heavy (non-hydrogen) atoms. The van der Waals surface area contributed by atoms with E-state index in [4.69, 9.17) is 4.98 Å². The van der Waals surface area contributed by atoms with Crippen LogP contribution in [0.15, 0.2) is 24.3 Å². The van der Waals surface area contributed by atoms with Crippen LogP contribution in [0.1, 0.15) is 43.6 Å². The van der Waals surface area contributed by atoms with E-state index in [0.29, 0.717) is 0 Å². The number of aryl methyl sites for hydroxylation is 3. The van der Waals surface area contributed by atoms with Crippen LogP contribution in [-0.4, -0.2) is 4.98 Å². The van der Waals surface area contributed by atoms with Crippen molar-refractivity contribution < 1.29 is 0 Å². The van der Waals surface area contributed by atoms with E-state index in [2.05, 4.69) is 45.0 Å². The zero-order valence-corrected chi connectivity index (χ0v) is 11.1. The topological polar surface area (TPSA) is 12.9 Å². The van der Waals surface area contributed by atoms with Crippen LogP contribution in [0.25, 0.3) is 10.8 Å². The van der Waals surface area contributed by atoms with Crippen LogP contribution in [0.3, 0.4) is 0 Å². The fourth-order valence-electron chi connectivity index (χ4n) is 2.52. The lowest BCUT2D eigenvalue weighted by molar-refractivity contribution is 0.831. The Balaban J connectivity index is 2.68. The van der Waals surface area contributed by atoms with E-state index in [1.807, 2.05) is 0 Å². The van der Waals surface area contributed by atoms with Crippen molar-refractivity contribution in [3.05, 3.63) is 41.2 Å². The molecule has 0 aliphatic rings. The van der Waals surface area contributed by atoms with E-state index < -0.39 is 0 Å². The van der Waals surface area contributed by atoms with Gasteiger partial charge in [-0.05, 0) is 30.7 Å². The Morgan fingerprint density at radius 2 is 1.59 bits per heavy atom. The minimum absolute atomic E-state index is 1.10. The predicted molar refractivity (Wildman–Crippen MR) is 74.5 cm³/mol. The molecule has 0 amide bonds. The van der Waals surface area contributed by atoms with Crippen molar-refractivity contribution in [3.8, 4) is 0 Å². The lowest BCUT2D eigenvalue weighted by Gasteiger charge is -2.13. The second kappa shape index (κ2) is 5.31. The molecule has 0 aliphatic heterocycles. The van der Waals surface area contributed by atoms with Crippen LogP contribution in [0.4, 0.5) is 0 Å². The quantitative estimate of drug-likeness (QED) is 0.752. The lowest BCUT2D eigenvalue weighted by atomic mass is 9.97. The van der Waals surface area contributed by atoms with Crippen LogP contribution in [0, 0.1) is 6.92 Å². The normalized spacial score (nSPS) is 11.0. The third kappa shape index (κ3) is 2.33. The summed E-state index contributed by atoms with van der Waals surface area (Å²) in [6, 6.07) is 8.67. The third-order valence-corrected chi connectivity index (χ3v) is 3.28. The van der Waals surface area contributed by atoms with Crippen LogP contribution in [0.2, 0.25) is 0 Å². The molecule has 90 valence electrons. The fraction of sp³-hybridized carbons (Fsp3) is 0.438. The largest absolute Gasteiger partial charge is 0.257 e. The molecule has 1 heterocycles. The molecule has 0 spiro atoms. The van der Waals surface area contributed by atoms with Gasteiger partial charge in [0, 0.05) is 16.8 Å². The Morgan fingerprint density at radius 1 is 0.941 bits per heavy atom. The van der Waals surface area contributed by atoms with Gasteiger partial charge in [-0.3, -0.25) is 4.98 Å². The Kier molecular flexibility index (Phi) is 3.78. The number of nitrogens with zero attached hydrogens (tertiary/aromatic N) is 1.